The maximum Gasteiger partial charge on any atom is 0.276 e. The van der Waals surface area contributed by atoms with E-state index < -0.39 is 10.0 Å². The summed E-state index contributed by atoms with van der Waals surface area (Å²) >= 11 is 0. The van der Waals surface area contributed by atoms with E-state index >= 15 is 0 Å². The lowest BCUT2D eigenvalue weighted by Crippen LogP contribution is -2.18. The van der Waals surface area contributed by atoms with Crippen LogP contribution in [-0.2, 0) is 10.0 Å². The number of phenols is 1. The molecule has 0 atom stereocenters. The number of phenolic OH excluding ortho intramolecular Hbond substituents is 1. The van der Waals surface area contributed by atoms with Gasteiger partial charge in [0.2, 0.25) is 0 Å². The Bertz CT molecular complexity index is 708. The van der Waals surface area contributed by atoms with Crippen molar-refractivity contribution in [2.45, 2.75) is 4.90 Å². The summed E-state index contributed by atoms with van der Waals surface area (Å²) in [7, 11) is -3.71. The predicted octanol–water partition coefficient (Wildman–Crippen LogP) is 1.29. The van der Waals surface area contributed by atoms with E-state index in [4.69, 9.17) is 10.8 Å². The maximum atomic E-state index is 11.9. The summed E-state index contributed by atoms with van der Waals surface area (Å²) in [6.45, 7) is 0. The molecular weight excluding hydrogens is 278 g/mol. The Kier molecular flexibility index (Phi) is 3.90. The minimum absolute atomic E-state index is 0.0783. The Morgan fingerprint density at radius 3 is 2.25 bits per heavy atom. The number of anilines is 1. The quantitative estimate of drug-likeness (QED) is 0.448. The van der Waals surface area contributed by atoms with Gasteiger partial charge in [0.25, 0.3) is 10.0 Å². The standard InChI is InChI=1S/C13H13N3O3S/c14-11-3-7-13(8-4-11)20(18,19)16-15-9-10-1-5-12(17)6-2-10/h1-9,16-17H,14H2. The van der Waals surface area contributed by atoms with E-state index in [1.54, 1.807) is 12.1 Å². The van der Waals surface area contributed by atoms with Crippen LogP contribution in [-0.4, -0.2) is 19.7 Å². The van der Waals surface area contributed by atoms with Crippen molar-refractivity contribution < 1.29 is 13.5 Å². The third-order valence-electron chi connectivity index (χ3n) is 2.47. The molecule has 0 saturated heterocycles. The number of aromatic hydroxyl groups is 1. The molecule has 0 spiro atoms. The highest BCUT2D eigenvalue weighted by atomic mass is 32.2. The fourth-order valence-corrected chi connectivity index (χ4v) is 2.22. The third kappa shape index (κ3) is 3.48. The van der Waals surface area contributed by atoms with Gasteiger partial charge in [-0.3, -0.25) is 0 Å². The molecule has 0 amide bonds. The zero-order chi connectivity index (χ0) is 14.6. The predicted molar refractivity (Wildman–Crippen MR) is 76.9 cm³/mol. The first-order valence-electron chi connectivity index (χ1n) is 5.67. The third-order valence-corrected chi connectivity index (χ3v) is 3.71. The van der Waals surface area contributed by atoms with E-state index in [0.717, 1.165) is 0 Å². The van der Waals surface area contributed by atoms with Crippen molar-refractivity contribution in [3.63, 3.8) is 0 Å². The minimum Gasteiger partial charge on any atom is -0.508 e. The number of benzene rings is 2. The van der Waals surface area contributed by atoms with Crippen molar-refractivity contribution in [3.05, 3.63) is 54.1 Å². The molecule has 0 heterocycles. The van der Waals surface area contributed by atoms with Gasteiger partial charge in [0.1, 0.15) is 5.75 Å². The summed E-state index contributed by atoms with van der Waals surface area (Å²) < 4.78 is 23.8. The normalized spacial score (nSPS) is 11.6. The number of nitrogens with two attached hydrogens (primary N) is 1. The Balaban J connectivity index is 2.09. The molecule has 0 aliphatic carbocycles. The summed E-state index contributed by atoms with van der Waals surface area (Å²) in [4.78, 5) is 2.17. The Morgan fingerprint density at radius 2 is 1.65 bits per heavy atom. The van der Waals surface area contributed by atoms with Crippen molar-refractivity contribution in [1.29, 1.82) is 0 Å². The summed E-state index contributed by atoms with van der Waals surface area (Å²) in [6.07, 6.45) is 1.34. The molecule has 2 rings (SSSR count). The SMILES string of the molecule is Nc1ccc(S(=O)(=O)NN=Cc2ccc(O)cc2)cc1. The van der Waals surface area contributed by atoms with Crippen LogP contribution in [0.3, 0.4) is 0 Å². The van der Waals surface area contributed by atoms with Gasteiger partial charge in [0.05, 0.1) is 11.1 Å². The van der Waals surface area contributed by atoms with Gasteiger partial charge in [0.15, 0.2) is 0 Å². The van der Waals surface area contributed by atoms with Gasteiger partial charge < -0.3 is 10.8 Å². The van der Waals surface area contributed by atoms with Gasteiger partial charge in [-0.05, 0) is 54.1 Å². The van der Waals surface area contributed by atoms with Crippen LogP contribution >= 0.6 is 0 Å². The number of hydrogen-bond donors (Lipinski definition) is 3. The molecule has 0 bridgehead atoms. The molecule has 0 aliphatic rings. The molecule has 0 aromatic heterocycles. The van der Waals surface area contributed by atoms with E-state index in [1.165, 1.54) is 42.6 Å². The average Bonchev–Trinajstić information content (AvgIpc) is 2.41. The fraction of sp³-hybridized carbons (Fsp3) is 0. The number of nitrogens with one attached hydrogen (secondary N) is 1. The number of nitrogen functional groups attached to an aromatic ring is 1. The second-order valence-electron chi connectivity index (χ2n) is 4.01. The number of sulfonamides is 1. The fourth-order valence-electron chi connectivity index (χ4n) is 1.43. The lowest BCUT2D eigenvalue weighted by Gasteiger charge is -2.03. The molecule has 0 aliphatic heterocycles. The molecule has 0 radical (unpaired) electrons. The molecular formula is C13H13N3O3S. The van der Waals surface area contributed by atoms with Crippen LogP contribution in [0.4, 0.5) is 5.69 Å². The lowest BCUT2D eigenvalue weighted by molar-refractivity contribution is 0.475. The first-order chi connectivity index (χ1) is 9.47. The maximum absolute atomic E-state index is 11.9. The smallest absolute Gasteiger partial charge is 0.276 e. The van der Waals surface area contributed by atoms with Gasteiger partial charge in [-0.15, -0.1) is 0 Å². The van der Waals surface area contributed by atoms with Crippen LogP contribution in [0, 0.1) is 0 Å². The van der Waals surface area contributed by atoms with Gasteiger partial charge in [0, 0.05) is 5.69 Å². The second kappa shape index (κ2) is 5.62. The highest BCUT2D eigenvalue weighted by Gasteiger charge is 2.11. The van der Waals surface area contributed by atoms with Crippen LogP contribution < -0.4 is 10.6 Å². The van der Waals surface area contributed by atoms with Crippen LogP contribution in [0.25, 0.3) is 0 Å². The molecule has 0 fully saturated rings. The highest BCUT2D eigenvalue weighted by molar-refractivity contribution is 7.89. The van der Waals surface area contributed by atoms with Crippen molar-refractivity contribution in [2.24, 2.45) is 5.10 Å². The van der Waals surface area contributed by atoms with Crippen LogP contribution in [0.2, 0.25) is 0 Å². The number of nitrogens with zero attached hydrogens (tertiary/aromatic N) is 1. The molecule has 0 saturated carbocycles. The van der Waals surface area contributed by atoms with E-state index in [2.05, 4.69) is 9.93 Å². The largest absolute Gasteiger partial charge is 0.508 e. The first kappa shape index (κ1) is 13.9. The van der Waals surface area contributed by atoms with E-state index in [1.807, 2.05) is 0 Å². The summed E-state index contributed by atoms with van der Waals surface area (Å²) in [5.74, 6) is 0.129. The van der Waals surface area contributed by atoms with Crippen molar-refractivity contribution in [3.8, 4) is 5.75 Å². The first-order valence-corrected chi connectivity index (χ1v) is 7.15. The zero-order valence-electron chi connectivity index (χ0n) is 10.4. The van der Waals surface area contributed by atoms with Gasteiger partial charge in [-0.25, -0.2) is 4.83 Å². The Morgan fingerprint density at radius 1 is 1.05 bits per heavy atom. The van der Waals surface area contributed by atoms with E-state index in [-0.39, 0.29) is 10.6 Å². The number of rotatable bonds is 4. The van der Waals surface area contributed by atoms with Crippen LogP contribution in [0.5, 0.6) is 5.75 Å². The molecule has 2 aromatic carbocycles. The second-order valence-corrected chi connectivity index (χ2v) is 5.67. The minimum atomic E-state index is -3.71. The lowest BCUT2D eigenvalue weighted by atomic mass is 10.2. The molecule has 2 aromatic rings. The van der Waals surface area contributed by atoms with Gasteiger partial charge >= 0.3 is 0 Å². The number of hydrazone groups is 1. The average molecular weight is 291 g/mol. The molecule has 20 heavy (non-hydrogen) atoms. The summed E-state index contributed by atoms with van der Waals surface area (Å²) in [5, 5.41) is 12.8. The summed E-state index contributed by atoms with van der Waals surface area (Å²) in [6, 6.07) is 12.0. The van der Waals surface area contributed by atoms with E-state index in [9.17, 15) is 8.42 Å². The van der Waals surface area contributed by atoms with Crippen molar-refractivity contribution in [2.75, 3.05) is 5.73 Å². The molecule has 7 heteroatoms. The highest BCUT2D eigenvalue weighted by Crippen LogP contribution is 2.11. The van der Waals surface area contributed by atoms with Crippen LogP contribution in [0.1, 0.15) is 5.56 Å². The van der Waals surface area contributed by atoms with E-state index in [0.29, 0.717) is 11.3 Å². The van der Waals surface area contributed by atoms with Crippen molar-refractivity contribution in [1.82, 2.24) is 4.83 Å². The van der Waals surface area contributed by atoms with Crippen LogP contribution in [0.15, 0.2) is 58.5 Å². The molecule has 104 valence electrons. The molecule has 0 unspecified atom stereocenters. The Hall–Kier alpha value is -2.54. The van der Waals surface area contributed by atoms with Gasteiger partial charge in [-0.2, -0.15) is 13.5 Å². The summed E-state index contributed by atoms with van der Waals surface area (Å²) in [5.41, 5.74) is 6.63. The number of hydrogen-bond acceptors (Lipinski definition) is 5. The zero-order valence-corrected chi connectivity index (χ0v) is 11.2. The van der Waals surface area contributed by atoms with Crippen molar-refractivity contribution >= 4 is 21.9 Å². The monoisotopic (exact) mass is 291 g/mol. The van der Waals surface area contributed by atoms with Gasteiger partial charge in [-0.1, -0.05) is 0 Å². The molecule has 4 N–H and O–H groups in total. The topological polar surface area (TPSA) is 105 Å². The Labute approximate surface area is 116 Å². The molecule has 6 nitrogen and oxygen atoms in total.